The molecule has 2 heteroatoms. The predicted molar refractivity (Wildman–Crippen MR) is 79.1 cm³/mol. The minimum Gasteiger partial charge on any atom is -0.310 e. The van der Waals surface area contributed by atoms with Gasteiger partial charge in [-0.25, -0.2) is 0 Å². The van der Waals surface area contributed by atoms with Crippen LogP contribution in [-0.4, -0.2) is 6.54 Å². The number of fused-ring (bicyclic) bond motifs is 2. The molecule has 18 heavy (non-hydrogen) atoms. The first kappa shape index (κ1) is 12.4. The number of nitrogens with one attached hydrogen (secondary N) is 1. The average Bonchev–Trinajstić information content (AvgIpc) is 3.01. The average molecular weight is 261 g/mol. The molecule has 4 atom stereocenters. The molecule has 1 nitrogen and oxygen atoms in total. The highest BCUT2D eigenvalue weighted by Gasteiger charge is 2.35. The van der Waals surface area contributed by atoms with Crippen LogP contribution in [0, 0.1) is 31.6 Å². The van der Waals surface area contributed by atoms with Gasteiger partial charge in [0, 0.05) is 15.8 Å². The van der Waals surface area contributed by atoms with Crippen LogP contribution in [0.15, 0.2) is 18.2 Å². The summed E-state index contributed by atoms with van der Waals surface area (Å²) < 4.78 is 0. The van der Waals surface area contributed by atoms with Crippen LogP contribution in [-0.2, 0) is 0 Å². The van der Waals surface area contributed by atoms with Crippen molar-refractivity contribution in [3.8, 4) is 0 Å². The van der Waals surface area contributed by atoms with E-state index in [0.717, 1.165) is 17.8 Å². The van der Waals surface area contributed by atoms with E-state index in [0.29, 0.717) is 6.04 Å². The van der Waals surface area contributed by atoms with Crippen molar-refractivity contribution in [3.63, 3.8) is 0 Å². The van der Waals surface area contributed by atoms with Gasteiger partial charge in [0.15, 0.2) is 0 Å². The zero-order valence-corrected chi connectivity index (χ0v) is 12.4. The Balaban J connectivity index is 1.57. The van der Waals surface area contributed by atoms with Gasteiger partial charge in [-0.2, -0.15) is 0 Å². The van der Waals surface area contributed by atoms with Gasteiger partial charge in [-0.05, 0) is 69.5 Å². The quantitative estimate of drug-likeness (QED) is 0.800. The minimum absolute atomic E-state index is 0.498. The Morgan fingerprint density at radius 3 is 2.72 bits per heavy atom. The van der Waals surface area contributed by atoms with Crippen LogP contribution in [0.4, 0.5) is 0 Å². The lowest BCUT2D eigenvalue weighted by molar-refractivity contribution is 0.393. The molecule has 0 aliphatic heterocycles. The van der Waals surface area contributed by atoms with Crippen LogP contribution in [0.2, 0.25) is 0 Å². The number of aryl methyl sites for hydroxylation is 2. The highest BCUT2D eigenvalue weighted by Crippen LogP contribution is 2.43. The first-order valence-corrected chi connectivity index (χ1v) is 7.93. The Labute approximate surface area is 114 Å². The smallest absolute Gasteiger partial charge is 0.0302 e. The third-order valence-electron chi connectivity index (χ3n) is 4.65. The Morgan fingerprint density at radius 2 is 2.17 bits per heavy atom. The van der Waals surface area contributed by atoms with E-state index in [9.17, 15) is 0 Å². The van der Waals surface area contributed by atoms with Crippen molar-refractivity contribution in [1.82, 2.24) is 5.32 Å². The SMILES string of the molecule is Cc1cc(C(C)NCC2CC3C=CC2C3)c(C)s1. The van der Waals surface area contributed by atoms with Gasteiger partial charge in [0.25, 0.3) is 0 Å². The fourth-order valence-electron chi connectivity index (χ4n) is 3.65. The Bertz CT molecular complexity index is 460. The Morgan fingerprint density at radius 1 is 1.33 bits per heavy atom. The summed E-state index contributed by atoms with van der Waals surface area (Å²) in [5.74, 6) is 2.63. The first-order chi connectivity index (χ1) is 8.63. The highest BCUT2D eigenvalue weighted by atomic mass is 32.1. The van der Waals surface area contributed by atoms with E-state index in [1.165, 1.54) is 34.7 Å². The molecule has 1 heterocycles. The van der Waals surface area contributed by atoms with Crippen LogP contribution < -0.4 is 5.32 Å². The number of hydrogen-bond donors (Lipinski definition) is 1. The van der Waals surface area contributed by atoms with Gasteiger partial charge in [0.1, 0.15) is 0 Å². The van der Waals surface area contributed by atoms with Gasteiger partial charge in [0.2, 0.25) is 0 Å². The molecule has 4 unspecified atom stereocenters. The maximum Gasteiger partial charge on any atom is 0.0302 e. The monoisotopic (exact) mass is 261 g/mol. The summed E-state index contributed by atoms with van der Waals surface area (Å²) in [7, 11) is 0. The van der Waals surface area contributed by atoms with E-state index >= 15 is 0 Å². The van der Waals surface area contributed by atoms with Crippen molar-refractivity contribution in [3.05, 3.63) is 33.5 Å². The first-order valence-electron chi connectivity index (χ1n) is 7.12. The second-order valence-corrected chi connectivity index (χ2v) is 7.50. The van der Waals surface area contributed by atoms with E-state index in [4.69, 9.17) is 0 Å². The fraction of sp³-hybridized carbons (Fsp3) is 0.625. The maximum absolute atomic E-state index is 3.75. The third kappa shape index (κ3) is 2.28. The summed E-state index contributed by atoms with van der Waals surface area (Å²) in [5, 5.41) is 3.75. The lowest BCUT2D eigenvalue weighted by atomic mass is 9.93. The van der Waals surface area contributed by atoms with Crippen molar-refractivity contribution in [2.24, 2.45) is 17.8 Å². The molecule has 1 N–H and O–H groups in total. The largest absolute Gasteiger partial charge is 0.310 e. The molecule has 3 rings (SSSR count). The van der Waals surface area contributed by atoms with E-state index < -0.39 is 0 Å². The third-order valence-corrected chi connectivity index (χ3v) is 5.63. The summed E-state index contributed by atoms with van der Waals surface area (Å²) in [6, 6.07) is 2.84. The van der Waals surface area contributed by atoms with Gasteiger partial charge < -0.3 is 5.32 Å². The zero-order chi connectivity index (χ0) is 12.7. The molecule has 98 valence electrons. The molecule has 1 fully saturated rings. The van der Waals surface area contributed by atoms with E-state index in [1.54, 1.807) is 0 Å². The summed E-state index contributed by atoms with van der Waals surface area (Å²) in [5.41, 5.74) is 1.50. The lowest BCUT2D eigenvalue weighted by Crippen LogP contribution is -2.27. The van der Waals surface area contributed by atoms with Crippen molar-refractivity contribution >= 4 is 11.3 Å². The predicted octanol–water partition coefficient (Wildman–Crippen LogP) is 4.23. The molecule has 2 bridgehead atoms. The summed E-state index contributed by atoms with van der Waals surface area (Å²) >= 11 is 1.92. The van der Waals surface area contributed by atoms with Crippen LogP contribution in [0.5, 0.6) is 0 Å². The van der Waals surface area contributed by atoms with Crippen LogP contribution in [0.25, 0.3) is 0 Å². The zero-order valence-electron chi connectivity index (χ0n) is 11.6. The van der Waals surface area contributed by atoms with Crippen LogP contribution >= 0.6 is 11.3 Å². The lowest BCUT2D eigenvalue weighted by Gasteiger charge is -2.22. The Hall–Kier alpha value is -0.600. The van der Waals surface area contributed by atoms with Crippen molar-refractivity contribution in [2.75, 3.05) is 6.54 Å². The molecular formula is C16H23NS. The molecule has 0 aromatic carbocycles. The van der Waals surface area contributed by atoms with Crippen molar-refractivity contribution < 1.29 is 0 Å². The van der Waals surface area contributed by atoms with Gasteiger partial charge in [0.05, 0.1) is 0 Å². The molecular weight excluding hydrogens is 238 g/mol. The van der Waals surface area contributed by atoms with Crippen LogP contribution in [0.3, 0.4) is 0 Å². The summed E-state index contributed by atoms with van der Waals surface area (Å²) in [6.07, 6.45) is 7.70. The molecule has 0 amide bonds. The van der Waals surface area contributed by atoms with Crippen molar-refractivity contribution in [1.29, 1.82) is 0 Å². The second-order valence-electron chi connectivity index (χ2n) is 6.04. The van der Waals surface area contributed by atoms with E-state index in [1.807, 2.05) is 11.3 Å². The fourth-order valence-corrected chi connectivity index (χ4v) is 4.67. The molecule has 1 aromatic rings. The molecule has 0 radical (unpaired) electrons. The molecule has 0 saturated heterocycles. The second kappa shape index (κ2) is 4.82. The molecule has 0 spiro atoms. The summed E-state index contributed by atoms with van der Waals surface area (Å²) in [4.78, 5) is 2.90. The number of rotatable bonds is 4. The number of allylic oxidation sites excluding steroid dienone is 2. The van der Waals surface area contributed by atoms with Gasteiger partial charge in [-0.3, -0.25) is 0 Å². The molecule has 1 aromatic heterocycles. The minimum atomic E-state index is 0.498. The van der Waals surface area contributed by atoms with Crippen LogP contribution in [0.1, 0.15) is 41.1 Å². The topological polar surface area (TPSA) is 12.0 Å². The van der Waals surface area contributed by atoms with Gasteiger partial charge in [-0.15, -0.1) is 11.3 Å². The molecule has 2 aliphatic carbocycles. The number of hydrogen-bond acceptors (Lipinski definition) is 2. The van der Waals surface area contributed by atoms with Crippen molar-refractivity contribution in [2.45, 2.75) is 39.7 Å². The van der Waals surface area contributed by atoms with E-state index in [2.05, 4.69) is 44.3 Å². The van der Waals surface area contributed by atoms with Gasteiger partial charge in [-0.1, -0.05) is 12.2 Å². The molecule has 2 aliphatic rings. The van der Waals surface area contributed by atoms with E-state index in [-0.39, 0.29) is 0 Å². The summed E-state index contributed by atoms with van der Waals surface area (Å²) in [6.45, 7) is 7.93. The Kier molecular flexibility index (Phi) is 3.33. The normalized spacial score (nSPS) is 31.2. The molecule has 1 saturated carbocycles. The maximum atomic E-state index is 3.75. The van der Waals surface area contributed by atoms with Gasteiger partial charge >= 0.3 is 0 Å². The highest BCUT2D eigenvalue weighted by molar-refractivity contribution is 7.12. The number of thiophene rings is 1. The standard InChI is InChI=1S/C16H23NS/c1-10-6-16(12(3)18-10)11(2)17-9-15-8-13-4-5-14(15)7-13/h4-6,11,13-15,17H,7-9H2,1-3H3.